The number of ether oxygens (including phenoxy) is 3. The molecule has 2 aromatic carbocycles. The molecule has 2 aromatic rings. The number of carbonyl (C=O) groups is 1. The fraction of sp³-hybridized carbons (Fsp3) is 0.464. The number of allylic oxidation sites excluding steroid dienone is 1. The first-order chi connectivity index (χ1) is 16.0. The van der Waals surface area contributed by atoms with Crippen LogP contribution < -0.4 is 9.47 Å². The van der Waals surface area contributed by atoms with Crippen LogP contribution in [0.5, 0.6) is 11.5 Å². The molecule has 2 aliphatic carbocycles. The third-order valence-electron chi connectivity index (χ3n) is 7.87. The van der Waals surface area contributed by atoms with Crippen LogP contribution in [0.2, 0.25) is 0 Å². The van der Waals surface area contributed by atoms with Crippen molar-refractivity contribution in [2.45, 2.75) is 56.8 Å². The Hall–Kier alpha value is -2.63. The van der Waals surface area contributed by atoms with Gasteiger partial charge in [0.2, 0.25) is 0 Å². The first-order valence-electron chi connectivity index (χ1n) is 11.9. The minimum atomic E-state index is -1.16. The Morgan fingerprint density at radius 1 is 0.970 bits per heavy atom. The van der Waals surface area contributed by atoms with Crippen LogP contribution in [0.1, 0.15) is 62.2 Å². The maximum absolute atomic E-state index is 14.0. The molecule has 1 spiro atoms. The van der Waals surface area contributed by atoms with Crippen molar-refractivity contribution in [2.75, 3.05) is 14.2 Å². The Labute approximate surface area is 195 Å². The molecule has 33 heavy (non-hydrogen) atoms. The molecule has 1 heterocycles. The predicted octanol–water partition coefficient (Wildman–Crippen LogP) is 5.48. The van der Waals surface area contributed by atoms with Gasteiger partial charge in [0, 0.05) is 12.3 Å². The zero-order valence-electron chi connectivity index (χ0n) is 19.4. The molecule has 0 unspecified atom stereocenters. The Bertz CT molecular complexity index is 1040. The highest BCUT2D eigenvalue weighted by Gasteiger charge is 2.61. The van der Waals surface area contributed by atoms with E-state index in [1.807, 2.05) is 54.6 Å². The minimum Gasteiger partial charge on any atom is -0.497 e. The van der Waals surface area contributed by atoms with Gasteiger partial charge in [-0.25, -0.2) is 0 Å². The summed E-state index contributed by atoms with van der Waals surface area (Å²) in [5, 5.41) is 11.4. The summed E-state index contributed by atoms with van der Waals surface area (Å²) in [6.45, 7) is 0. The van der Waals surface area contributed by atoms with Gasteiger partial charge < -0.3 is 19.3 Å². The second kappa shape index (κ2) is 8.62. The molecule has 1 saturated heterocycles. The van der Waals surface area contributed by atoms with Crippen molar-refractivity contribution in [1.82, 2.24) is 0 Å². The van der Waals surface area contributed by atoms with E-state index >= 15 is 0 Å². The van der Waals surface area contributed by atoms with E-state index in [2.05, 4.69) is 0 Å². The number of carbonyl (C=O) groups excluding carboxylic acids is 1. The first-order valence-corrected chi connectivity index (χ1v) is 11.9. The van der Waals surface area contributed by atoms with E-state index in [1.54, 1.807) is 14.2 Å². The summed E-state index contributed by atoms with van der Waals surface area (Å²) in [5.41, 5.74) is 2.10. The molecule has 0 bridgehead atoms. The number of rotatable bonds is 4. The van der Waals surface area contributed by atoms with E-state index in [0.717, 1.165) is 53.9 Å². The van der Waals surface area contributed by atoms with Gasteiger partial charge in [0.25, 0.3) is 0 Å². The Morgan fingerprint density at radius 3 is 2.30 bits per heavy atom. The van der Waals surface area contributed by atoms with Gasteiger partial charge in [-0.05, 0) is 79.1 Å². The van der Waals surface area contributed by atoms with Crippen LogP contribution in [0.4, 0.5) is 0 Å². The van der Waals surface area contributed by atoms with Gasteiger partial charge in [-0.1, -0.05) is 30.7 Å². The van der Waals surface area contributed by atoms with Gasteiger partial charge in [0.15, 0.2) is 11.6 Å². The lowest BCUT2D eigenvalue weighted by atomic mass is 9.63. The third kappa shape index (κ3) is 3.87. The van der Waals surface area contributed by atoms with Crippen molar-refractivity contribution in [2.24, 2.45) is 11.3 Å². The predicted molar refractivity (Wildman–Crippen MR) is 126 cm³/mol. The summed E-state index contributed by atoms with van der Waals surface area (Å²) >= 11 is 0. The average Bonchev–Trinajstić information content (AvgIpc) is 3.15. The van der Waals surface area contributed by atoms with E-state index in [1.165, 1.54) is 0 Å². The van der Waals surface area contributed by atoms with E-state index in [4.69, 9.17) is 14.2 Å². The lowest BCUT2D eigenvalue weighted by Crippen LogP contribution is -2.55. The van der Waals surface area contributed by atoms with Crippen LogP contribution in [0.15, 0.2) is 54.1 Å². The highest BCUT2D eigenvalue weighted by atomic mass is 16.6. The summed E-state index contributed by atoms with van der Waals surface area (Å²) < 4.78 is 17.1. The molecule has 174 valence electrons. The maximum Gasteiger partial charge on any atom is 0.169 e. The van der Waals surface area contributed by atoms with Crippen LogP contribution in [-0.4, -0.2) is 30.9 Å². The van der Waals surface area contributed by atoms with E-state index in [9.17, 15) is 9.90 Å². The van der Waals surface area contributed by atoms with Crippen molar-refractivity contribution in [3.05, 3.63) is 65.2 Å². The standard InChI is InChI=1S/C28H32O5/c1-31-23-10-6-19(7-11-23)17-21-14-16-27(25(21)29)18-22-5-3-4-15-28(22,30)33-26(27)20-8-12-24(32-2)13-9-20/h6-13,17,22,26,30H,3-5,14-16,18H2,1-2H3/t22-,26-,27+,28-/m1/s1. The van der Waals surface area contributed by atoms with Gasteiger partial charge in [0.05, 0.1) is 25.7 Å². The van der Waals surface area contributed by atoms with Gasteiger partial charge in [0.1, 0.15) is 11.5 Å². The molecule has 1 N–H and O–H groups in total. The largest absolute Gasteiger partial charge is 0.497 e. The van der Waals surface area contributed by atoms with Crippen LogP contribution in [-0.2, 0) is 9.53 Å². The number of fused-ring (bicyclic) bond motifs is 1. The number of Topliss-reactive ketones (excluding diaryl/α,β-unsaturated/α-hetero) is 1. The summed E-state index contributed by atoms with van der Waals surface area (Å²) in [5.74, 6) is 0.548. The molecule has 5 nitrogen and oxygen atoms in total. The number of hydrogen-bond acceptors (Lipinski definition) is 5. The van der Waals surface area contributed by atoms with Gasteiger partial charge in [-0.3, -0.25) is 4.79 Å². The molecule has 3 fully saturated rings. The van der Waals surface area contributed by atoms with Crippen molar-refractivity contribution in [1.29, 1.82) is 0 Å². The van der Waals surface area contributed by atoms with Crippen molar-refractivity contribution in [3.8, 4) is 11.5 Å². The second-order valence-corrected chi connectivity index (χ2v) is 9.69. The Morgan fingerprint density at radius 2 is 1.64 bits per heavy atom. The number of benzene rings is 2. The second-order valence-electron chi connectivity index (χ2n) is 9.69. The van der Waals surface area contributed by atoms with Gasteiger partial charge >= 0.3 is 0 Å². The summed E-state index contributed by atoms with van der Waals surface area (Å²) in [7, 11) is 3.28. The number of hydrogen-bond donors (Lipinski definition) is 1. The monoisotopic (exact) mass is 448 g/mol. The number of ketones is 1. The molecule has 0 amide bonds. The van der Waals surface area contributed by atoms with Crippen molar-refractivity contribution >= 4 is 11.9 Å². The molecular formula is C28H32O5. The zero-order chi connectivity index (χ0) is 23.1. The molecule has 3 aliphatic rings. The van der Waals surface area contributed by atoms with Crippen LogP contribution in [0.3, 0.4) is 0 Å². The molecule has 0 radical (unpaired) electrons. The quantitative estimate of drug-likeness (QED) is 0.628. The van der Waals surface area contributed by atoms with E-state index < -0.39 is 17.3 Å². The summed E-state index contributed by atoms with van der Waals surface area (Å²) in [6.07, 6.45) is 7.19. The average molecular weight is 449 g/mol. The SMILES string of the molecule is COc1ccc(C=C2CC[C@]3(C[C@H]4CCCC[C@@]4(O)O[C@@H]3c3ccc(OC)cc3)C2=O)cc1. The first kappa shape index (κ1) is 22.2. The third-order valence-corrected chi connectivity index (χ3v) is 7.87. The highest BCUT2D eigenvalue weighted by molar-refractivity contribution is 6.06. The topological polar surface area (TPSA) is 65.0 Å². The lowest BCUT2D eigenvalue weighted by molar-refractivity contribution is -0.323. The molecule has 1 aliphatic heterocycles. The van der Waals surface area contributed by atoms with E-state index in [-0.39, 0.29) is 11.7 Å². The molecule has 2 saturated carbocycles. The molecule has 4 atom stereocenters. The lowest BCUT2D eigenvalue weighted by Gasteiger charge is -2.53. The smallest absolute Gasteiger partial charge is 0.169 e. The fourth-order valence-electron chi connectivity index (χ4n) is 6.03. The van der Waals surface area contributed by atoms with Crippen LogP contribution >= 0.6 is 0 Å². The van der Waals surface area contributed by atoms with Gasteiger partial charge in [-0.2, -0.15) is 0 Å². The normalized spacial score (nSPS) is 32.7. The molecule has 5 rings (SSSR count). The van der Waals surface area contributed by atoms with Gasteiger partial charge in [-0.15, -0.1) is 0 Å². The summed E-state index contributed by atoms with van der Waals surface area (Å²) in [4.78, 5) is 14.0. The Balaban J connectivity index is 1.52. The minimum absolute atomic E-state index is 0.00923. The Kier molecular flexibility index (Phi) is 5.79. The van der Waals surface area contributed by atoms with E-state index in [0.29, 0.717) is 19.3 Å². The van der Waals surface area contributed by atoms with Crippen molar-refractivity contribution < 1.29 is 24.1 Å². The number of aliphatic hydroxyl groups is 1. The van der Waals surface area contributed by atoms with Crippen molar-refractivity contribution in [3.63, 3.8) is 0 Å². The number of methoxy groups -OCH3 is 2. The molecular weight excluding hydrogens is 416 g/mol. The summed E-state index contributed by atoms with van der Waals surface area (Å²) in [6, 6.07) is 15.5. The maximum atomic E-state index is 14.0. The fourth-order valence-corrected chi connectivity index (χ4v) is 6.03. The highest BCUT2D eigenvalue weighted by Crippen LogP contribution is 2.61. The molecule has 0 aromatic heterocycles. The van der Waals surface area contributed by atoms with Crippen LogP contribution in [0.25, 0.3) is 6.08 Å². The molecule has 5 heteroatoms. The van der Waals surface area contributed by atoms with Crippen LogP contribution in [0, 0.1) is 11.3 Å². The zero-order valence-corrected chi connectivity index (χ0v) is 19.4.